The van der Waals surface area contributed by atoms with Crippen molar-refractivity contribution in [1.29, 1.82) is 0 Å². The highest BCUT2D eigenvalue weighted by atomic mass is 16.3. The molecule has 0 radical (unpaired) electrons. The molecule has 170 valence electrons. The van der Waals surface area contributed by atoms with Crippen LogP contribution in [0.3, 0.4) is 0 Å². The van der Waals surface area contributed by atoms with Crippen LogP contribution in [0.15, 0.2) is 35.5 Å². The number of aliphatic hydroxyl groups is 3. The Kier molecular flexibility index (Phi) is 7.33. The lowest BCUT2D eigenvalue weighted by Crippen LogP contribution is -2.42. The molecule has 0 aliphatic heterocycles. The molecule has 6 atom stereocenters. The molecule has 30 heavy (non-hydrogen) atoms. The van der Waals surface area contributed by atoms with E-state index >= 15 is 0 Å². The monoisotopic (exact) mass is 417 g/mol. The molecule has 1 unspecified atom stereocenters. The van der Waals surface area contributed by atoms with Gasteiger partial charge >= 0.3 is 0 Å². The van der Waals surface area contributed by atoms with E-state index in [0.717, 1.165) is 36.8 Å². The van der Waals surface area contributed by atoms with E-state index in [1.165, 1.54) is 31.3 Å². The van der Waals surface area contributed by atoms with Gasteiger partial charge in [-0.25, -0.2) is 0 Å². The van der Waals surface area contributed by atoms with Gasteiger partial charge in [0.15, 0.2) is 0 Å². The van der Waals surface area contributed by atoms with E-state index in [0.29, 0.717) is 24.7 Å². The van der Waals surface area contributed by atoms with Gasteiger partial charge in [-0.05, 0) is 100 Å². The van der Waals surface area contributed by atoms with Gasteiger partial charge in [-0.15, -0.1) is 0 Å². The maximum absolute atomic E-state index is 10.1. The minimum atomic E-state index is -0.632. The number of allylic oxidation sites excluding steroid dienone is 3. The van der Waals surface area contributed by atoms with E-state index in [4.69, 9.17) is 5.73 Å². The zero-order valence-electron chi connectivity index (χ0n) is 19.2. The SMILES string of the molecule is C=C1/C(=C\C=C2/CCCC3(C)[C@@H]([C@H](N)CCCC(C)(C)O)CC[C@@H]23)C[C@@H](O)C[C@@H]1O. The molecule has 3 saturated carbocycles. The van der Waals surface area contributed by atoms with Crippen LogP contribution in [0.4, 0.5) is 0 Å². The van der Waals surface area contributed by atoms with E-state index in [2.05, 4.69) is 25.7 Å². The van der Waals surface area contributed by atoms with E-state index in [1.807, 2.05) is 13.8 Å². The summed E-state index contributed by atoms with van der Waals surface area (Å²) >= 11 is 0. The van der Waals surface area contributed by atoms with Crippen LogP contribution in [0.25, 0.3) is 0 Å². The Morgan fingerprint density at radius 1 is 1.27 bits per heavy atom. The molecule has 0 heterocycles. The fraction of sp³-hybridized carbons (Fsp3) is 0.769. The first-order valence-corrected chi connectivity index (χ1v) is 11.9. The van der Waals surface area contributed by atoms with Crippen LogP contribution in [-0.2, 0) is 0 Å². The fourth-order valence-electron chi connectivity index (χ4n) is 6.42. The van der Waals surface area contributed by atoms with Gasteiger partial charge in [0.05, 0.1) is 17.8 Å². The summed E-state index contributed by atoms with van der Waals surface area (Å²) in [6.45, 7) is 10.2. The molecule has 0 spiro atoms. The average Bonchev–Trinajstić information content (AvgIpc) is 3.00. The molecular weight excluding hydrogens is 374 g/mol. The van der Waals surface area contributed by atoms with Gasteiger partial charge in [0.25, 0.3) is 0 Å². The van der Waals surface area contributed by atoms with Crippen LogP contribution in [0.1, 0.15) is 85.0 Å². The quantitative estimate of drug-likeness (QED) is 0.516. The zero-order chi connectivity index (χ0) is 22.1. The van der Waals surface area contributed by atoms with Crippen LogP contribution in [0.5, 0.6) is 0 Å². The topological polar surface area (TPSA) is 86.7 Å². The summed E-state index contributed by atoms with van der Waals surface area (Å²) in [6, 6.07) is 0.198. The van der Waals surface area contributed by atoms with Crippen molar-refractivity contribution in [3.8, 4) is 0 Å². The normalized spacial score (nSPS) is 38.8. The fourth-order valence-corrected chi connectivity index (χ4v) is 6.42. The number of hydrogen-bond donors (Lipinski definition) is 4. The van der Waals surface area contributed by atoms with Gasteiger partial charge in [-0.2, -0.15) is 0 Å². The Bertz CT molecular complexity index is 689. The van der Waals surface area contributed by atoms with Crippen LogP contribution < -0.4 is 5.73 Å². The second kappa shape index (κ2) is 9.28. The van der Waals surface area contributed by atoms with E-state index < -0.39 is 17.8 Å². The summed E-state index contributed by atoms with van der Waals surface area (Å²) < 4.78 is 0. The largest absolute Gasteiger partial charge is 0.393 e. The number of rotatable bonds is 6. The summed E-state index contributed by atoms with van der Waals surface area (Å²) in [5.41, 5.74) is 9.59. The maximum Gasteiger partial charge on any atom is 0.0811 e. The number of hydrogen-bond acceptors (Lipinski definition) is 4. The van der Waals surface area contributed by atoms with Crippen LogP contribution in [0, 0.1) is 17.3 Å². The Hall–Kier alpha value is -0.940. The molecule has 3 fully saturated rings. The smallest absolute Gasteiger partial charge is 0.0811 e. The second-order valence-electron chi connectivity index (χ2n) is 11.0. The zero-order valence-corrected chi connectivity index (χ0v) is 19.2. The molecular formula is C26H43NO3. The molecule has 0 bridgehead atoms. The lowest BCUT2D eigenvalue weighted by atomic mass is 9.61. The van der Waals surface area contributed by atoms with Crippen molar-refractivity contribution in [2.45, 2.75) is 109 Å². The highest BCUT2D eigenvalue weighted by Crippen LogP contribution is 2.58. The van der Waals surface area contributed by atoms with E-state index in [1.54, 1.807) is 0 Å². The minimum Gasteiger partial charge on any atom is -0.393 e. The van der Waals surface area contributed by atoms with Gasteiger partial charge in [-0.3, -0.25) is 0 Å². The molecule has 3 aliphatic carbocycles. The molecule has 0 aromatic carbocycles. The number of fused-ring (bicyclic) bond motifs is 1. The lowest BCUT2D eigenvalue weighted by Gasteiger charge is -2.44. The van der Waals surface area contributed by atoms with Crippen molar-refractivity contribution in [3.05, 3.63) is 35.5 Å². The summed E-state index contributed by atoms with van der Waals surface area (Å²) in [6.07, 6.45) is 12.9. The standard InChI is InChI=1S/C26H43NO3/c1-17-19(15-20(28)16-24(17)29)10-9-18-7-5-14-26(4)21(18)11-12-22(26)23(27)8-6-13-25(2,3)30/h9-10,20-24,28-30H,1,5-8,11-16,27H2,2-4H3/b18-9+,19-10-/t20-,21+,22-,23-,24+,26?/m1/s1. The molecule has 3 aliphatic rings. The van der Waals surface area contributed by atoms with Gasteiger partial charge in [0, 0.05) is 12.5 Å². The summed E-state index contributed by atoms with van der Waals surface area (Å²) in [5.74, 6) is 1.11. The van der Waals surface area contributed by atoms with Crippen molar-refractivity contribution in [1.82, 2.24) is 0 Å². The van der Waals surface area contributed by atoms with Gasteiger partial charge in [0.2, 0.25) is 0 Å². The van der Waals surface area contributed by atoms with E-state index in [9.17, 15) is 15.3 Å². The third kappa shape index (κ3) is 5.27. The van der Waals surface area contributed by atoms with Crippen LogP contribution in [0.2, 0.25) is 0 Å². The van der Waals surface area contributed by atoms with Crippen molar-refractivity contribution in [3.63, 3.8) is 0 Å². The van der Waals surface area contributed by atoms with E-state index in [-0.39, 0.29) is 11.5 Å². The number of aliphatic hydroxyl groups excluding tert-OH is 2. The molecule has 0 amide bonds. The first-order chi connectivity index (χ1) is 14.0. The Balaban J connectivity index is 1.70. The molecule has 4 heteroatoms. The van der Waals surface area contributed by atoms with Crippen molar-refractivity contribution in [2.24, 2.45) is 23.0 Å². The van der Waals surface area contributed by atoms with Gasteiger partial charge in [0.1, 0.15) is 0 Å². The molecule has 3 rings (SSSR count). The maximum atomic E-state index is 10.1. The molecule has 0 saturated heterocycles. The predicted octanol–water partition coefficient (Wildman–Crippen LogP) is 4.40. The molecule has 5 N–H and O–H groups in total. The van der Waals surface area contributed by atoms with Gasteiger partial charge in [-0.1, -0.05) is 31.2 Å². The van der Waals surface area contributed by atoms with Crippen molar-refractivity contribution < 1.29 is 15.3 Å². The molecule has 4 nitrogen and oxygen atoms in total. The molecule has 0 aromatic heterocycles. The van der Waals surface area contributed by atoms with Crippen molar-refractivity contribution in [2.75, 3.05) is 0 Å². The lowest BCUT2D eigenvalue weighted by molar-refractivity contribution is 0.0642. The molecule has 0 aromatic rings. The summed E-state index contributed by atoms with van der Waals surface area (Å²) in [4.78, 5) is 0. The van der Waals surface area contributed by atoms with Crippen molar-refractivity contribution >= 4 is 0 Å². The minimum absolute atomic E-state index is 0.198. The summed E-state index contributed by atoms with van der Waals surface area (Å²) in [5, 5.41) is 30.1. The predicted molar refractivity (Wildman–Crippen MR) is 123 cm³/mol. The highest BCUT2D eigenvalue weighted by Gasteiger charge is 2.50. The highest BCUT2D eigenvalue weighted by molar-refractivity contribution is 5.38. The second-order valence-corrected chi connectivity index (χ2v) is 11.0. The first kappa shape index (κ1) is 23.7. The Labute approximate surface area is 182 Å². The Morgan fingerprint density at radius 3 is 2.70 bits per heavy atom. The third-order valence-electron chi connectivity index (χ3n) is 8.14. The van der Waals surface area contributed by atoms with Crippen LogP contribution >= 0.6 is 0 Å². The number of nitrogens with two attached hydrogens (primary N) is 1. The average molecular weight is 418 g/mol. The Morgan fingerprint density at radius 2 is 2.00 bits per heavy atom. The third-order valence-corrected chi connectivity index (χ3v) is 8.14. The first-order valence-electron chi connectivity index (χ1n) is 11.9. The van der Waals surface area contributed by atoms with Gasteiger partial charge < -0.3 is 21.1 Å². The summed E-state index contributed by atoms with van der Waals surface area (Å²) in [7, 11) is 0. The van der Waals surface area contributed by atoms with Crippen LogP contribution in [-0.4, -0.2) is 39.2 Å².